The lowest BCUT2D eigenvalue weighted by Crippen LogP contribution is -2.45. The first-order valence-corrected chi connectivity index (χ1v) is 4.65. The van der Waals surface area contributed by atoms with Crippen molar-refractivity contribution in [3.63, 3.8) is 0 Å². The van der Waals surface area contributed by atoms with Crippen LogP contribution in [0.2, 0.25) is 0 Å². The minimum Gasteiger partial charge on any atom is -0.372 e. The van der Waals surface area contributed by atoms with Crippen molar-refractivity contribution in [3.05, 3.63) is 0 Å². The molecule has 0 aromatic carbocycles. The van der Waals surface area contributed by atoms with Gasteiger partial charge in [-0.05, 0) is 26.7 Å². The molecule has 2 heterocycles. The maximum atomic E-state index is 5.74. The van der Waals surface area contributed by atoms with E-state index in [0.29, 0.717) is 18.2 Å². The number of hydrogen-bond acceptors (Lipinski definition) is 2. The molecule has 2 fully saturated rings. The summed E-state index contributed by atoms with van der Waals surface area (Å²) in [5.74, 6) is 0. The highest BCUT2D eigenvalue weighted by Gasteiger charge is 2.34. The highest BCUT2D eigenvalue weighted by molar-refractivity contribution is 4.85. The maximum absolute atomic E-state index is 5.74. The maximum Gasteiger partial charge on any atom is 0.0707 e. The van der Waals surface area contributed by atoms with E-state index in [9.17, 15) is 0 Å². The normalized spacial score (nSPS) is 38.5. The van der Waals surface area contributed by atoms with Gasteiger partial charge in [-0.25, -0.2) is 0 Å². The fourth-order valence-corrected chi connectivity index (χ4v) is 2.07. The predicted octanol–water partition coefficient (Wildman–Crippen LogP) is 1.26. The van der Waals surface area contributed by atoms with Gasteiger partial charge in [-0.15, -0.1) is 0 Å². The average Bonchev–Trinajstić information content (AvgIpc) is 2.30. The third-order valence-corrected chi connectivity index (χ3v) is 2.80. The predicted molar refractivity (Wildman–Crippen MR) is 44.6 cm³/mol. The van der Waals surface area contributed by atoms with E-state index in [4.69, 9.17) is 4.74 Å². The van der Waals surface area contributed by atoms with Crippen molar-refractivity contribution in [1.82, 2.24) is 4.90 Å². The summed E-state index contributed by atoms with van der Waals surface area (Å²) in [6.45, 7) is 6.86. The van der Waals surface area contributed by atoms with Crippen LogP contribution in [0, 0.1) is 0 Å². The summed E-state index contributed by atoms with van der Waals surface area (Å²) in [7, 11) is 0. The highest BCUT2D eigenvalue weighted by Crippen LogP contribution is 2.26. The summed E-state index contributed by atoms with van der Waals surface area (Å²) < 4.78 is 5.74. The molecule has 0 N–H and O–H groups in total. The number of morpholine rings is 1. The molecule has 11 heavy (non-hydrogen) atoms. The van der Waals surface area contributed by atoms with Gasteiger partial charge >= 0.3 is 0 Å². The van der Waals surface area contributed by atoms with Gasteiger partial charge in [0.15, 0.2) is 0 Å². The van der Waals surface area contributed by atoms with E-state index in [1.165, 1.54) is 12.8 Å². The van der Waals surface area contributed by atoms with E-state index in [1.54, 1.807) is 0 Å². The molecule has 2 bridgehead atoms. The van der Waals surface area contributed by atoms with Gasteiger partial charge < -0.3 is 4.74 Å². The van der Waals surface area contributed by atoms with Gasteiger partial charge in [-0.3, -0.25) is 4.90 Å². The van der Waals surface area contributed by atoms with Gasteiger partial charge in [0.2, 0.25) is 0 Å². The van der Waals surface area contributed by atoms with E-state index >= 15 is 0 Å². The van der Waals surface area contributed by atoms with Crippen molar-refractivity contribution >= 4 is 0 Å². The first-order chi connectivity index (χ1) is 5.25. The fourth-order valence-electron chi connectivity index (χ4n) is 2.07. The number of rotatable bonds is 1. The summed E-state index contributed by atoms with van der Waals surface area (Å²) >= 11 is 0. The van der Waals surface area contributed by atoms with Crippen LogP contribution in [0.1, 0.15) is 26.7 Å². The molecule has 0 spiro atoms. The Morgan fingerprint density at radius 3 is 2.18 bits per heavy atom. The second-order valence-corrected chi connectivity index (χ2v) is 4.01. The fraction of sp³-hybridized carbons (Fsp3) is 1.00. The zero-order valence-electron chi connectivity index (χ0n) is 7.42. The monoisotopic (exact) mass is 155 g/mol. The molecule has 2 saturated heterocycles. The number of ether oxygens (including phenoxy) is 1. The Morgan fingerprint density at radius 1 is 1.18 bits per heavy atom. The van der Waals surface area contributed by atoms with Gasteiger partial charge in [0.25, 0.3) is 0 Å². The van der Waals surface area contributed by atoms with Gasteiger partial charge in [-0.1, -0.05) is 0 Å². The summed E-state index contributed by atoms with van der Waals surface area (Å²) in [6, 6.07) is 0.696. The van der Waals surface area contributed by atoms with Crippen LogP contribution in [0.25, 0.3) is 0 Å². The summed E-state index contributed by atoms with van der Waals surface area (Å²) in [5.41, 5.74) is 0. The lowest BCUT2D eigenvalue weighted by molar-refractivity contribution is -0.0480. The Morgan fingerprint density at radius 2 is 1.73 bits per heavy atom. The first kappa shape index (κ1) is 7.56. The Kier molecular flexibility index (Phi) is 1.90. The first-order valence-electron chi connectivity index (χ1n) is 4.65. The molecule has 1 unspecified atom stereocenters. The minimum absolute atomic E-state index is 0.552. The molecular weight excluding hydrogens is 138 g/mol. The smallest absolute Gasteiger partial charge is 0.0707 e. The number of nitrogens with zero attached hydrogens (tertiary/aromatic N) is 1. The highest BCUT2D eigenvalue weighted by atomic mass is 16.5. The molecule has 2 aliphatic rings. The Hall–Kier alpha value is -0.0800. The zero-order chi connectivity index (χ0) is 7.84. The summed E-state index contributed by atoms with van der Waals surface area (Å²) in [5, 5.41) is 0. The van der Waals surface area contributed by atoms with E-state index in [1.807, 2.05) is 0 Å². The van der Waals surface area contributed by atoms with E-state index < -0.39 is 0 Å². The topological polar surface area (TPSA) is 12.5 Å². The third kappa shape index (κ3) is 1.42. The molecule has 0 aromatic rings. The molecule has 2 rings (SSSR count). The van der Waals surface area contributed by atoms with Crippen molar-refractivity contribution in [1.29, 1.82) is 0 Å². The van der Waals surface area contributed by atoms with Gasteiger partial charge in [0.1, 0.15) is 0 Å². The number of hydrogen-bond donors (Lipinski definition) is 0. The molecule has 0 aliphatic carbocycles. The quantitative estimate of drug-likeness (QED) is 0.565. The molecule has 2 atom stereocenters. The number of likely N-dealkylation sites (tertiary alicyclic amines) is 1. The van der Waals surface area contributed by atoms with Crippen molar-refractivity contribution in [2.75, 3.05) is 13.1 Å². The molecule has 2 heteroatoms. The van der Waals surface area contributed by atoms with Crippen LogP contribution < -0.4 is 0 Å². The van der Waals surface area contributed by atoms with Crippen LogP contribution >= 0.6 is 0 Å². The Bertz CT molecular complexity index is 134. The lowest BCUT2D eigenvalue weighted by Gasteiger charge is -2.34. The largest absolute Gasteiger partial charge is 0.372 e. The minimum atomic E-state index is 0.552. The molecule has 2 nitrogen and oxygen atoms in total. The SMILES string of the molecule is CC(C)N1CC2CC[C@H](C1)O2. The third-order valence-electron chi connectivity index (χ3n) is 2.80. The van der Waals surface area contributed by atoms with Crippen LogP contribution in [0.3, 0.4) is 0 Å². The van der Waals surface area contributed by atoms with E-state index in [2.05, 4.69) is 18.7 Å². The number of fused-ring (bicyclic) bond motifs is 2. The van der Waals surface area contributed by atoms with Crippen LogP contribution in [-0.2, 0) is 4.74 Å². The van der Waals surface area contributed by atoms with Gasteiger partial charge in [0.05, 0.1) is 12.2 Å². The summed E-state index contributed by atoms with van der Waals surface area (Å²) in [4.78, 5) is 2.53. The van der Waals surface area contributed by atoms with Gasteiger partial charge in [0, 0.05) is 19.1 Å². The van der Waals surface area contributed by atoms with Crippen molar-refractivity contribution in [3.8, 4) is 0 Å². The Labute approximate surface area is 68.5 Å². The van der Waals surface area contributed by atoms with Crippen molar-refractivity contribution in [2.24, 2.45) is 0 Å². The van der Waals surface area contributed by atoms with E-state index in [-0.39, 0.29) is 0 Å². The molecule has 64 valence electrons. The van der Waals surface area contributed by atoms with E-state index in [0.717, 1.165) is 13.1 Å². The standard InChI is InChI=1S/C9H17NO/c1-7(2)10-5-8-3-4-9(6-10)11-8/h7-9H,3-6H2,1-2H3/t8-,9?/m1/s1. The zero-order valence-corrected chi connectivity index (χ0v) is 7.42. The molecule has 0 radical (unpaired) electrons. The Balaban J connectivity index is 1.97. The van der Waals surface area contributed by atoms with Gasteiger partial charge in [-0.2, -0.15) is 0 Å². The second kappa shape index (κ2) is 2.76. The molecule has 2 aliphatic heterocycles. The van der Waals surface area contributed by atoms with Crippen LogP contribution in [-0.4, -0.2) is 36.2 Å². The molecular formula is C9H17NO. The molecule has 0 aromatic heterocycles. The second-order valence-electron chi connectivity index (χ2n) is 4.01. The molecule has 0 saturated carbocycles. The lowest BCUT2D eigenvalue weighted by atomic mass is 10.2. The van der Waals surface area contributed by atoms with Crippen molar-refractivity contribution < 1.29 is 4.74 Å². The average molecular weight is 155 g/mol. The van der Waals surface area contributed by atoms with Crippen LogP contribution in [0.5, 0.6) is 0 Å². The summed E-state index contributed by atoms with van der Waals surface area (Å²) in [6.07, 6.45) is 3.68. The van der Waals surface area contributed by atoms with Crippen LogP contribution in [0.4, 0.5) is 0 Å². The molecule has 0 amide bonds. The van der Waals surface area contributed by atoms with Crippen molar-refractivity contribution in [2.45, 2.75) is 44.9 Å². The van der Waals surface area contributed by atoms with Crippen LogP contribution in [0.15, 0.2) is 0 Å².